The Kier molecular flexibility index (Phi) is 2.92. The second kappa shape index (κ2) is 4.54. The predicted molar refractivity (Wildman–Crippen MR) is 65.1 cm³/mol. The average Bonchev–Trinajstić information content (AvgIpc) is 3.02. The molecule has 2 aliphatic carbocycles. The van der Waals surface area contributed by atoms with E-state index in [0.717, 1.165) is 18.6 Å². The Bertz CT molecular complexity index is 326. The van der Waals surface area contributed by atoms with Crippen molar-refractivity contribution >= 4 is 0 Å². The van der Waals surface area contributed by atoms with Crippen molar-refractivity contribution in [2.24, 2.45) is 0 Å². The van der Waals surface area contributed by atoms with E-state index in [0.29, 0.717) is 0 Å². The highest BCUT2D eigenvalue weighted by Gasteiger charge is 2.34. The molecule has 0 aromatic carbocycles. The lowest BCUT2D eigenvalue weighted by molar-refractivity contribution is 0.179. The fourth-order valence-electron chi connectivity index (χ4n) is 2.90. The van der Waals surface area contributed by atoms with E-state index in [1.165, 1.54) is 44.1 Å². The van der Waals surface area contributed by atoms with E-state index in [-0.39, 0.29) is 0 Å². The highest BCUT2D eigenvalue weighted by atomic mass is 15.2. The van der Waals surface area contributed by atoms with E-state index in [4.69, 9.17) is 0 Å². The maximum Gasteiger partial charge on any atom is 0.0312 e. The van der Waals surface area contributed by atoms with Gasteiger partial charge < -0.3 is 0 Å². The Morgan fingerprint density at radius 3 is 2.50 bits per heavy atom. The Morgan fingerprint density at radius 2 is 1.88 bits per heavy atom. The summed E-state index contributed by atoms with van der Waals surface area (Å²) in [6, 6.07) is 5.99. The molecule has 1 aromatic rings. The van der Waals surface area contributed by atoms with Crippen molar-refractivity contribution in [2.45, 2.75) is 57.2 Å². The zero-order chi connectivity index (χ0) is 10.8. The summed E-state index contributed by atoms with van der Waals surface area (Å²) in [6.45, 7) is 1.11. The van der Waals surface area contributed by atoms with Gasteiger partial charge in [0.15, 0.2) is 0 Å². The molecule has 2 heteroatoms. The van der Waals surface area contributed by atoms with Gasteiger partial charge in [-0.3, -0.25) is 9.88 Å². The molecule has 16 heavy (non-hydrogen) atoms. The van der Waals surface area contributed by atoms with Crippen molar-refractivity contribution in [3.8, 4) is 0 Å². The molecule has 2 aliphatic rings. The summed E-state index contributed by atoms with van der Waals surface area (Å²) >= 11 is 0. The van der Waals surface area contributed by atoms with Crippen LogP contribution in [0.15, 0.2) is 24.5 Å². The first kappa shape index (κ1) is 10.3. The molecule has 86 valence electrons. The molecule has 0 unspecified atom stereocenters. The standard InChI is InChI=1S/C14H20N2/c1-2-6-13(5-1)16(14-7-8-14)11-12-4-3-9-15-10-12/h3-4,9-10,13-14H,1-2,5-8,11H2. The molecule has 1 aromatic heterocycles. The lowest BCUT2D eigenvalue weighted by Gasteiger charge is -2.28. The molecule has 0 N–H and O–H groups in total. The Hall–Kier alpha value is -0.890. The zero-order valence-corrected chi connectivity index (χ0v) is 9.81. The van der Waals surface area contributed by atoms with Crippen LogP contribution in [0.2, 0.25) is 0 Å². The van der Waals surface area contributed by atoms with Crippen LogP contribution in [0.1, 0.15) is 44.1 Å². The Morgan fingerprint density at radius 1 is 1.12 bits per heavy atom. The maximum atomic E-state index is 4.22. The predicted octanol–water partition coefficient (Wildman–Crippen LogP) is 2.99. The van der Waals surface area contributed by atoms with E-state index in [9.17, 15) is 0 Å². The highest BCUT2D eigenvalue weighted by molar-refractivity contribution is 5.09. The van der Waals surface area contributed by atoms with Gasteiger partial charge in [0.05, 0.1) is 0 Å². The van der Waals surface area contributed by atoms with Gasteiger partial charge >= 0.3 is 0 Å². The summed E-state index contributed by atoms with van der Waals surface area (Å²) in [5.74, 6) is 0. The Labute approximate surface area is 97.7 Å². The lowest BCUT2D eigenvalue weighted by atomic mass is 10.1. The van der Waals surface area contributed by atoms with Gasteiger partial charge in [-0.25, -0.2) is 0 Å². The first-order chi connectivity index (χ1) is 7.93. The molecule has 2 saturated carbocycles. The number of aromatic nitrogens is 1. The van der Waals surface area contributed by atoms with Crippen molar-refractivity contribution in [2.75, 3.05) is 0 Å². The number of pyridine rings is 1. The summed E-state index contributed by atoms with van der Waals surface area (Å²) in [5.41, 5.74) is 1.38. The van der Waals surface area contributed by atoms with Gasteiger partial charge in [0.2, 0.25) is 0 Å². The molecule has 3 rings (SSSR count). The van der Waals surface area contributed by atoms with Crippen LogP contribution >= 0.6 is 0 Å². The third-order valence-corrected chi connectivity index (χ3v) is 3.90. The summed E-state index contributed by atoms with van der Waals surface area (Å²) in [7, 11) is 0. The van der Waals surface area contributed by atoms with E-state index >= 15 is 0 Å². The zero-order valence-electron chi connectivity index (χ0n) is 9.81. The van der Waals surface area contributed by atoms with Crippen molar-refractivity contribution in [3.63, 3.8) is 0 Å². The lowest BCUT2D eigenvalue weighted by Crippen LogP contribution is -2.34. The highest BCUT2D eigenvalue weighted by Crippen LogP contribution is 2.35. The molecule has 0 saturated heterocycles. The van der Waals surface area contributed by atoms with E-state index in [1.807, 2.05) is 12.4 Å². The van der Waals surface area contributed by atoms with Gasteiger partial charge in [-0.15, -0.1) is 0 Å². The van der Waals surface area contributed by atoms with Crippen molar-refractivity contribution in [1.82, 2.24) is 9.88 Å². The van der Waals surface area contributed by atoms with Gasteiger partial charge in [-0.2, -0.15) is 0 Å². The molecule has 0 bridgehead atoms. The normalized spacial score (nSPS) is 21.8. The topological polar surface area (TPSA) is 16.1 Å². The van der Waals surface area contributed by atoms with Crippen molar-refractivity contribution in [3.05, 3.63) is 30.1 Å². The molecule has 2 nitrogen and oxygen atoms in total. The second-order valence-electron chi connectivity index (χ2n) is 5.20. The van der Waals surface area contributed by atoms with Crippen LogP contribution in [0, 0.1) is 0 Å². The fourth-order valence-corrected chi connectivity index (χ4v) is 2.90. The maximum absolute atomic E-state index is 4.22. The van der Waals surface area contributed by atoms with Gasteiger partial charge in [0.25, 0.3) is 0 Å². The summed E-state index contributed by atoms with van der Waals surface area (Å²) in [6.07, 6.45) is 12.4. The molecule has 2 fully saturated rings. The number of rotatable bonds is 4. The first-order valence-electron chi connectivity index (χ1n) is 6.58. The van der Waals surface area contributed by atoms with E-state index < -0.39 is 0 Å². The molecule has 0 radical (unpaired) electrons. The number of nitrogens with zero attached hydrogens (tertiary/aromatic N) is 2. The quantitative estimate of drug-likeness (QED) is 0.769. The summed E-state index contributed by atoms with van der Waals surface area (Å²) < 4.78 is 0. The van der Waals surface area contributed by atoms with Gasteiger partial charge in [0.1, 0.15) is 0 Å². The Balaban J connectivity index is 1.69. The average molecular weight is 216 g/mol. The van der Waals surface area contributed by atoms with E-state index in [1.54, 1.807) is 0 Å². The fraction of sp³-hybridized carbons (Fsp3) is 0.643. The molecular formula is C14H20N2. The summed E-state index contributed by atoms with van der Waals surface area (Å²) in [5, 5.41) is 0. The summed E-state index contributed by atoms with van der Waals surface area (Å²) in [4.78, 5) is 6.96. The number of hydrogen-bond acceptors (Lipinski definition) is 2. The second-order valence-corrected chi connectivity index (χ2v) is 5.20. The van der Waals surface area contributed by atoms with Crippen LogP contribution in [0.3, 0.4) is 0 Å². The van der Waals surface area contributed by atoms with Gasteiger partial charge in [-0.1, -0.05) is 18.9 Å². The molecule has 0 aliphatic heterocycles. The molecule has 0 amide bonds. The van der Waals surface area contributed by atoms with Gasteiger partial charge in [-0.05, 0) is 37.3 Å². The minimum absolute atomic E-state index is 0.854. The molecular weight excluding hydrogens is 196 g/mol. The van der Waals surface area contributed by atoms with Crippen LogP contribution < -0.4 is 0 Å². The molecule has 1 heterocycles. The largest absolute Gasteiger partial charge is 0.293 e. The van der Waals surface area contributed by atoms with Gasteiger partial charge in [0, 0.05) is 31.0 Å². The van der Waals surface area contributed by atoms with E-state index in [2.05, 4.69) is 22.0 Å². The minimum atomic E-state index is 0.854. The van der Waals surface area contributed by atoms with Crippen LogP contribution in [0.5, 0.6) is 0 Å². The third-order valence-electron chi connectivity index (χ3n) is 3.90. The molecule has 0 atom stereocenters. The molecule has 0 spiro atoms. The van der Waals surface area contributed by atoms with Crippen LogP contribution in [-0.4, -0.2) is 22.0 Å². The van der Waals surface area contributed by atoms with Crippen molar-refractivity contribution < 1.29 is 0 Å². The first-order valence-corrected chi connectivity index (χ1v) is 6.58. The van der Waals surface area contributed by atoms with Crippen LogP contribution in [-0.2, 0) is 6.54 Å². The number of hydrogen-bond donors (Lipinski definition) is 0. The van der Waals surface area contributed by atoms with Crippen molar-refractivity contribution in [1.29, 1.82) is 0 Å². The van der Waals surface area contributed by atoms with Crippen LogP contribution in [0.4, 0.5) is 0 Å². The smallest absolute Gasteiger partial charge is 0.0312 e. The van der Waals surface area contributed by atoms with Crippen LogP contribution in [0.25, 0.3) is 0 Å². The third kappa shape index (κ3) is 2.27. The minimum Gasteiger partial charge on any atom is -0.293 e. The SMILES string of the molecule is c1cncc(CN(C2CCCC2)C2CC2)c1. The monoisotopic (exact) mass is 216 g/mol.